The van der Waals surface area contributed by atoms with Crippen LogP contribution in [0.25, 0.3) is 0 Å². The molecule has 0 aromatic heterocycles. The molecule has 0 spiro atoms. The zero-order valence-corrected chi connectivity index (χ0v) is 22.5. The molecule has 1 amide bonds. The Morgan fingerprint density at radius 3 is 2.33 bits per heavy atom. The van der Waals surface area contributed by atoms with E-state index < -0.39 is 27.4 Å². The molecule has 2 heterocycles. The summed E-state index contributed by atoms with van der Waals surface area (Å²) in [5, 5.41) is 2.73. The minimum absolute atomic E-state index is 0.307. The van der Waals surface area contributed by atoms with Crippen LogP contribution in [0.15, 0.2) is 77.8 Å². The van der Waals surface area contributed by atoms with Crippen molar-refractivity contribution in [2.24, 2.45) is 4.99 Å². The standard InChI is InChI=1S/C28H28F3N5O3S/c1-35-13-15-36(16-14-35)18-19-7-9-21(10-8-19)32-26(20-5-3-2-4-6-20)25-23-17-22(11-12-24(23)33-27(25)37)34-40(38,39)28(29,30)31/h2-12,17,25,34H,13-16,18H2,1H3,(H,33,37). The van der Waals surface area contributed by atoms with Crippen molar-refractivity contribution >= 4 is 38.7 Å². The number of nitrogens with one attached hydrogen (secondary N) is 2. The number of anilines is 2. The van der Waals surface area contributed by atoms with Gasteiger partial charge >= 0.3 is 15.5 Å². The predicted molar refractivity (Wildman–Crippen MR) is 148 cm³/mol. The largest absolute Gasteiger partial charge is 0.516 e. The van der Waals surface area contributed by atoms with Gasteiger partial charge in [0.25, 0.3) is 0 Å². The third-order valence-corrected chi connectivity index (χ3v) is 8.08. The van der Waals surface area contributed by atoms with Crippen molar-refractivity contribution in [1.82, 2.24) is 9.80 Å². The first-order chi connectivity index (χ1) is 19.0. The normalized spacial score (nSPS) is 18.9. The number of nitrogens with zero attached hydrogens (tertiary/aromatic N) is 3. The van der Waals surface area contributed by atoms with E-state index in [1.54, 1.807) is 29.0 Å². The van der Waals surface area contributed by atoms with Gasteiger partial charge in [-0.05, 0) is 54.1 Å². The zero-order chi connectivity index (χ0) is 28.5. The Bertz CT molecular complexity index is 1520. The van der Waals surface area contributed by atoms with Crippen molar-refractivity contribution < 1.29 is 26.4 Å². The number of carbonyl (C=O) groups is 1. The van der Waals surface area contributed by atoms with E-state index in [1.807, 2.05) is 30.3 Å². The Morgan fingerprint density at radius 1 is 1.00 bits per heavy atom. The smallest absolute Gasteiger partial charge is 0.325 e. The lowest BCUT2D eigenvalue weighted by Gasteiger charge is -2.32. The molecule has 2 aliphatic rings. The number of aliphatic imine (C=N–C) groups is 1. The average molecular weight is 572 g/mol. The highest BCUT2D eigenvalue weighted by atomic mass is 32.2. The molecular formula is C28H28F3N5O3S. The summed E-state index contributed by atoms with van der Waals surface area (Å²) in [7, 11) is -3.52. The molecule has 1 unspecified atom stereocenters. The number of alkyl halides is 3. The maximum absolute atomic E-state index is 13.2. The van der Waals surface area contributed by atoms with E-state index in [0.29, 0.717) is 28.2 Å². The molecule has 3 aromatic carbocycles. The Morgan fingerprint density at radius 2 is 1.68 bits per heavy atom. The Balaban J connectivity index is 1.47. The van der Waals surface area contributed by atoms with Crippen molar-refractivity contribution in [3.8, 4) is 0 Å². The molecule has 2 aliphatic heterocycles. The molecule has 0 radical (unpaired) electrons. The predicted octanol–water partition coefficient (Wildman–Crippen LogP) is 4.55. The van der Waals surface area contributed by atoms with Crippen LogP contribution in [0.2, 0.25) is 0 Å². The lowest BCUT2D eigenvalue weighted by molar-refractivity contribution is -0.115. The maximum atomic E-state index is 13.2. The third kappa shape index (κ3) is 6.03. The number of rotatable bonds is 7. The lowest BCUT2D eigenvalue weighted by Crippen LogP contribution is -2.43. The van der Waals surface area contributed by atoms with Crippen LogP contribution in [0.5, 0.6) is 0 Å². The second-order valence-electron chi connectivity index (χ2n) is 9.88. The number of amides is 1. The maximum Gasteiger partial charge on any atom is 0.516 e. The molecule has 2 N–H and O–H groups in total. The van der Waals surface area contributed by atoms with Crippen LogP contribution in [-0.2, 0) is 21.4 Å². The SMILES string of the molecule is CN1CCN(Cc2ccc(N=C(c3ccccc3)C3C(=O)Nc4ccc(NS(=O)(=O)C(F)(F)F)cc43)cc2)CC1. The lowest BCUT2D eigenvalue weighted by atomic mass is 9.90. The summed E-state index contributed by atoms with van der Waals surface area (Å²) in [4.78, 5) is 22.7. The number of sulfonamides is 1. The van der Waals surface area contributed by atoms with Crippen molar-refractivity contribution in [2.75, 3.05) is 43.3 Å². The molecule has 0 saturated carbocycles. The molecule has 5 rings (SSSR count). The number of hydrogen-bond acceptors (Lipinski definition) is 6. The number of halogens is 3. The highest BCUT2D eigenvalue weighted by molar-refractivity contribution is 7.93. The number of piperazine rings is 1. The van der Waals surface area contributed by atoms with Crippen LogP contribution in [0.3, 0.4) is 0 Å². The molecule has 12 heteroatoms. The average Bonchev–Trinajstić information content (AvgIpc) is 3.24. The Hall–Kier alpha value is -3.74. The summed E-state index contributed by atoms with van der Waals surface area (Å²) in [6.07, 6.45) is 0. The first-order valence-corrected chi connectivity index (χ1v) is 14.2. The highest BCUT2D eigenvalue weighted by Crippen LogP contribution is 2.38. The van der Waals surface area contributed by atoms with E-state index in [4.69, 9.17) is 4.99 Å². The van der Waals surface area contributed by atoms with Gasteiger partial charge in [0.05, 0.1) is 11.4 Å². The van der Waals surface area contributed by atoms with Gasteiger partial charge < -0.3 is 10.2 Å². The summed E-state index contributed by atoms with van der Waals surface area (Å²) in [5.41, 5.74) is -2.31. The van der Waals surface area contributed by atoms with Gasteiger partial charge in [-0.25, -0.2) is 0 Å². The molecule has 8 nitrogen and oxygen atoms in total. The quantitative estimate of drug-likeness (QED) is 0.406. The van der Waals surface area contributed by atoms with Gasteiger partial charge in [0.15, 0.2) is 0 Å². The number of hydrogen-bond donors (Lipinski definition) is 2. The van der Waals surface area contributed by atoms with Crippen LogP contribution < -0.4 is 10.0 Å². The van der Waals surface area contributed by atoms with Gasteiger partial charge in [0, 0.05) is 44.1 Å². The highest BCUT2D eigenvalue weighted by Gasteiger charge is 2.46. The topological polar surface area (TPSA) is 94.1 Å². The number of likely N-dealkylation sites (N-methyl/N-ethyl adjacent to an activating group) is 1. The first-order valence-electron chi connectivity index (χ1n) is 12.7. The summed E-state index contributed by atoms with van der Waals surface area (Å²) in [5.74, 6) is -1.39. The molecule has 1 atom stereocenters. The summed E-state index contributed by atoms with van der Waals surface area (Å²) >= 11 is 0. The van der Waals surface area contributed by atoms with Crippen molar-refractivity contribution in [3.63, 3.8) is 0 Å². The van der Waals surface area contributed by atoms with Gasteiger partial charge in [-0.2, -0.15) is 21.6 Å². The van der Waals surface area contributed by atoms with E-state index in [9.17, 15) is 26.4 Å². The van der Waals surface area contributed by atoms with E-state index in [1.165, 1.54) is 18.2 Å². The van der Waals surface area contributed by atoms with Crippen molar-refractivity contribution in [2.45, 2.75) is 18.0 Å². The molecule has 0 aliphatic carbocycles. The molecule has 1 saturated heterocycles. The van der Waals surface area contributed by atoms with Gasteiger partial charge in [0.2, 0.25) is 5.91 Å². The fourth-order valence-corrected chi connectivity index (χ4v) is 5.35. The molecular weight excluding hydrogens is 543 g/mol. The minimum atomic E-state index is -5.63. The summed E-state index contributed by atoms with van der Waals surface area (Å²) in [6, 6.07) is 20.5. The number of fused-ring (bicyclic) bond motifs is 1. The van der Waals surface area contributed by atoms with E-state index in [-0.39, 0.29) is 5.69 Å². The minimum Gasteiger partial charge on any atom is -0.325 e. The van der Waals surface area contributed by atoms with E-state index in [2.05, 4.69) is 22.2 Å². The Kier molecular flexibility index (Phi) is 7.67. The summed E-state index contributed by atoms with van der Waals surface area (Å²) in [6.45, 7) is 4.84. The van der Waals surface area contributed by atoms with Crippen molar-refractivity contribution in [1.29, 1.82) is 0 Å². The zero-order valence-electron chi connectivity index (χ0n) is 21.6. The van der Waals surface area contributed by atoms with Crippen molar-refractivity contribution in [3.05, 3.63) is 89.5 Å². The molecule has 40 heavy (non-hydrogen) atoms. The first kappa shape index (κ1) is 27.8. The molecule has 3 aromatic rings. The van der Waals surface area contributed by atoms with Gasteiger partial charge in [0.1, 0.15) is 5.92 Å². The second kappa shape index (κ2) is 11.0. The van der Waals surface area contributed by atoms with Gasteiger partial charge in [-0.1, -0.05) is 42.5 Å². The van der Waals surface area contributed by atoms with E-state index >= 15 is 0 Å². The van der Waals surface area contributed by atoms with Crippen LogP contribution in [0.4, 0.5) is 30.2 Å². The van der Waals surface area contributed by atoms with Crippen LogP contribution in [0, 0.1) is 0 Å². The van der Waals surface area contributed by atoms with Crippen LogP contribution >= 0.6 is 0 Å². The van der Waals surface area contributed by atoms with Crippen LogP contribution in [0.1, 0.15) is 22.6 Å². The third-order valence-electron chi connectivity index (χ3n) is 6.97. The fourth-order valence-electron chi connectivity index (χ4n) is 4.79. The van der Waals surface area contributed by atoms with E-state index in [0.717, 1.165) is 38.3 Å². The monoisotopic (exact) mass is 571 g/mol. The molecule has 0 bridgehead atoms. The second-order valence-corrected chi connectivity index (χ2v) is 11.6. The number of benzene rings is 3. The van der Waals surface area contributed by atoms with Gasteiger partial charge in [-0.15, -0.1) is 0 Å². The molecule has 1 fully saturated rings. The number of carbonyl (C=O) groups excluding carboxylic acids is 1. The molecule has 210 valence electrons. The Labute approximate surface area is 230 Å². The van der Waals surface area contributed by atoms with Crippen LogP contribution in [-0.4, -0.2) is 68.6 Å². The summed E-state index contributed by atoms with van der Waals surface area (Å²) < 4.78 is 63.8. The van der Waals surface area contributed by atoms with Gasteiger partial charge in [-0.3, -0.25) is 19.4 Å². The fraction of sp³-hybridized carbons (Fsp3) is 0.286.